The second-order valence-electron chi connectivity index (χ2n) is 8.33. The molecule has 2 aromatic carbocycles. The first-order valence-corrected chi connectivity index (χ1v) is 12.2. The van der Waals surface area contributed by atoms with Crippen LogP contribution in [0.5, 0.6) is 0 Å². The average molecular weight is 412 g/mol. The molecule has 2 bridgehead atoms. The van der Waals surface area contributed by atoms with Crippen LogP contribution in [0.1, 0.15) is 50.5 Å². The van der Waals surface area contributed by atoms with Crippen molar-refractivity contribution in [1.82, 2.24) is 4.90 Å². The van der Waals surface area contributed by atoms with Gasteiger partial charge in [-0.05, 0) is 62.6 Å². The van der Waals surface area contributed by atoms with Gasteiger partial charge in [0.2, 0.25) is 5.91 Å². The molecule has 2 atom stereocenters. The number of aryl methyl sites for hydroxylation is 1. The van der Waals surface area contributed by atoms with E-state index in [0.717, 1.165) is 32.1 Å². The minimum Gasteiger partial charge on any atom is -0.337 e. The largest absolute Gasteiger partial charge is 0.337 e. The van der Waals surface area contributed by atoms with Crippen LogP contribution in [0.2, 0.25) is 0 Å². The van der Waals surface area contributed by atoms with Gasteiger partial charge in [-0.3, -0.25) is 4.79 Å². The highest BCUT2D eigenvalue weighted by Crippen LogP contribution is 2.40. The molecular formula is C24H29NO3S. The monoisotopic (exact) mass is 411 g/mol. The lowest BCUT2D eigenvalue weighted by Gasteiger charge is -2.38. The molecule has 0 aliphatic carbocycles. The van der Waals surface area contributed by atoms with E-state index in [-0.39, 0.29) is 23.2 Å². The van der Waals surface area contributed by atoms with E-state index >= 15 is 0 Å². The Hall–Kier alpha value is -2.14. The summed E-state index contributed by atoms with van der Waals surface area (Å²) in [6.07, 6.45) is 6.46. The van der Waals surface area contributed by atoms with E-state index in [0.29, 0.717) is 24.2 Å². The summed E-state index contributed by atoms with van der Waals surface area (Å²) in [5.41, 5.74) is 1.31. The number of hydrogen-bond donors (Lipinski definition) is 0. The maximum atomic E-state index is 13.0. The summed E-state index contributed by atoms with van der Waals surface area (Å²) >= 11 is 0. The Morgan fingerprint density at radius 3 is 2.07 bits per heavy atom. The fourth-order valence-corrected chi connectivity index (χ4v) is 6.84. The zero-order chi connectivity index (χ0) is 20.3. The molecule has 0 spiro atoms. The number of carbonyl (C=O) groups is 1. The zero-order valence-electron chi connectivity index (χ0n) is 16.7. The molecule has 1 amide bonds. The molecule has 5 heteroatoms. The molecular weight excluding hydrogens is 382 g/mol. The molecule has 2 aliphatic rings. The molecule has 2 aromatic rings. The molecule has 2 heterocycles. The number of piperidine rings is 1. The highest BCUT2D eigenvalue weighted by molar-refractivity contribution is 7.92. The highest BCUT2D eigenvalue weighted by atomic mass is 32.2. The van der Waals surface area contributed by atoms with Gasteiger partial charge in [-0.25, -0.2) is 8.42 Å². The fraction of sp³-hybridized carbons (Fsp3) is 0.458. The van der Waals surface area contributed by atoms with Crippen LogP contribution in [0.15, 0.2) is 65.6 Å². The summed E-state index contributed by atoms with van der Waals surface area (Å²) < 4.78 is 26.0. The number of rotatable bonds is 7. The van der Waals surface area contributed by atoms with Crippen molar-refractivity contribution in [3.8, 4) is 0 Å². The molecule has 4 rings (SSSR count). The third-order valence-corrected chi connectivity index (χ3v) is 8.63. The summed E-state index contributed by atoms with van der Waals surface area (Å²) in [7, 11) is -3.33. The van der Waals surface area contributed by atoms with Gasteiger partial charge in [0.15, 0.2) is 9.84 Å². The zero-order valence-corrected chi connectivity index (χ0v) is 17.6. The lowest BCUT2D eigenvalue weighted by atomic mass is 10.0. The molecule has 2 saturated heterocycles. The number of hydrogen-bond acceptors (Lipinski definition) is 3. The summed E-state index contributed by atoms with van der Waals surface area (Å²) in [5, 5.41) is -0.371. The van der Waals surface area contributed by atoms with Gasteiger partial charge in [0, 0.05) is 18.5 Å². The van der Waals surface area contributed by atoms with Crippen LogP contribution in [0.25, 0.3) is 0 Å². The molecule has 154 valence electrons. The second kappa shape index (κ2) is 8.70. The maximum Gasteiger partial charge on any atom is 0.223 e. The predicted octanol–water partition coefficient (Wildman–Crippen LogP) is 4.40. The van der Waals surface area contributed by atoms with Gasteiger partial charge in [0.1, 0.15) is 0 Å². The Kier molecular flexibility index (Phi) is 6.04. The van der Waals surface area contributed by atoms with Gasteiger partial charge in [0.05, 0.1) is 10.1 Å². The number of benzene rings is 2. The van der Waals surface area contributed by atoms with E-state index in [9.17, 15) is 13.2 Å². The van der Waals surface area contributed by atoms with Crippen molar-refractivity contribution in [3.05, 3.63) is 66.2 Å². The van der Waals surface area contributed by atoms with Gasteiger partial charge in [-0.15, -0.1) is 0 Å². The quantitative estimate of drug-likeness (QED) is 0.635. The fourth-order valence-electron chi connectivity index (χ4n) is 4.97. The van der Waals surface area contributed by atoms with Crippen LogP contribution in [0, 0.1) is 0 Å². The number of nitrogens with zero attached hydrogens (tertiary/aromatic N) is 1. The Labute approximate surface area is 173 Å². The van der Waals surface area contributed by atoms with Crippen LogP contribution in [0.3, 0.4) is 0 Å². The molecule has 0 N–H and O–H groups in total. The molecule has 0 radical (unpaired) electrons. The lowest BCUT2D eigenvalue weighted by Crippen LogP contribution is -2.49. The standard InChI is InChI=1S/C24H29NO3S/c26-24(14-8-7-11-19-9-3-1-4-10-19)25-20-15-16-21(25)18-23(17-20)29(27,28)22-12-5-2-6-13-22/h1-6,9-10,12-13,20-21,23H,7-8,11,14-18H2. The summed E-state index contributed by atoms with van der Waals surface area (Å²) in [6.45, 7) is 0. The third-order valence-electron chi connectivity index (χ3n) is 6.44. The number of sulfone groups is 1. The van der Waals surface area contributed by atoms with E-state index in [4.69, 9.17) is 0 Å². The average Bonchev–Trinajstić information content (AvgIpc) is 3.01. The number of amides is 1. The highest BCUT2D eigenvalue weighted by Gasteiger charge is 2.46. The van der Waals surface area contributed by atoms with E-state index in [1.807, 2.05) is 29.2 Å². The first-order valence-electron chi connectivity index (χ1n) is 10.7. The minimum atomic E-state index is -3.33. The predicted molar refractivity (Wildman–Crippen MR) is 114 cm³/mol. The van der Waals surface area contributed by atoms with Gasteiger partial charge >= 0.3 is 0 Å². The van der Waals surface area contributed by atoms with E-state index in [1.54, 1.807) is 24.3 Å². The van der Waals surface area contributed by atoms with E-state index in [2.05, 4.69) is 12.1 Å². The molecule has 0 aromatic heterocycles. The lowest BCUT2D eigenvalue weighted by molar-refractivity contribution is -0.135. The van der Waals surface area contributed by atoms with Gasteiger partial charge in [-0.2, -0.15) is 0 Å². The smallest absolute Gasteiger partial charge is 0.223 e. The summed E-state index contributed by atoms with van der Waals surface area (Å²) in [4.78, 5) is 15.3. The van der Waals surface area contributed by atoms with Crippen LogP contribution in [0.4, 0.5) is 0 Å². The first-order chi connectivity index (χ1) is 14.1. The van der Waals surface area contributed by atoms with Gasteiger partial charge in [0.25, 0.3) is 0 Å². The maximum absolute atomic E-state index is 13.0. The van der Waals surface area contributed by atoms with Crippen molar-refractivity contribution in [2.75, 3.05) is 0 Å². The van der Waals surface area contributed by atoms with Crippen molar-refractivity contribution < 1.29 is 13.2 Å². The van der Waals surface area contributed by atoms with Crippen molar-refractivity contribution >= 4 is 15.7 Å². The molecule has 2 fully saturated rings. The van der Waals surface area contributed by atoms with Crippen molar-refractivity contribution in [1.29, 1.82) is 0 Å². The normalized spacial score (nSPS) is 23.9. The van der Waals surface area contributed by atoms with Crippen LogP contribution in [-0.2, 0) is 21.1 Å². The molecule has 2 unspecified atom stereocenters. The second-order valence-corrected chi connectivity index (χ2v) is 10.6. The van der Waals surface area contributed by atoms with Crippen molar-refractivity contribution in [2.24, 2.45) is 0 Å². The van der Waals surface area contributed by atoms with E-state index in [1.165, 1.54) is 5.56 Å². The number of unbranched alkanes of at least 4 members (excludes halogenated alkanes) is 1. The Balaban J connectivity index is 1.33. The molecule has 0 saturated carbocycles. The minimum absolute atomic E-state index is 0.0823. The van der Waals surface area contributed by atoms with Crippen molar-refractivity contribution in [3.63, 3.8) is 0 Å². The number of fused-ring (bicyclic) bond motifs is 2. The summed E-state index contributed by atoms with van der Waals surface area (Å²) in [6, 6.07) is 19.3. The Morgan fingerprint density at radius 1 is 0.862 bits per heavy atom. The van der Waals surface area contributed by atoms with Gasteiger partial charge < -0.3 is 4.90 Å². The van der Waals surface area contributed by atoms with Gasteiger partial charge in [-0.1, -0.05) is 48.5 Å². The Bertz CT molecular complexity index is 913. The topological polar surface area (TPSA) is 54.5 Å². The SMILES string of the molecule is O=C(CCCCc1ccccc1)N1C2CCC1CC(S(=O)(=O)c1ccccc1)C2. The third kappa shape index (κ3) is 4.40. The van der Waals surface area contributed by atoms with Crippen LogP contribution in [-0.4, -0.2) is 36.6 Å². The molecule has 2 aliphatic heterocycles. The molecule has 4 nitrogen and oxygen atoms in total. The molecule has 29 heavy (non-hydrogen) atoms. The number of carbonyl (C=O) groups excluding carboxylic acids is 1. The van der Waals surface area contributed by atoms with E-state index < -0.39 is 9.84 Å². The van der Waals surface area contributed by atoms with Crippen molar-refractivity contribution in [2.45, 2.75) is 73.6 Å². The van der Waals surface area contributed by atoms with Crippen LogP contribution < -0.4 is 0 Å². The first kappa shape index (κ1) is 20.1. The Morgan fingerprint density at radius 2 is 1.45 bits per heavy atom. The van der Waals surface area contributed by atoms with Crippen LogP contribution >= 0.6 is 0 Å². The summed E-state index contributed by atoms with van der Waals surface area (Å²) in [5.74, 6) is 0.209.